The standard InChI is InChI=1S/C25H26FN2O5P/c1-16(2)23-21(12-13-34(32,33)15-20(29)14-22(30)31)24(17-8-10-19(26)11-9-17)28-25(27-23)18-6-4-3-5-7-18/h3-13,16,20,29H,14-15H2,1-2H3,(H,30,31)(H,32,33)/t20-/m0/s1. The van der Waals surface area contributed by atoms with Crippen LogP contribution in [0.1, 0.15) is 37.4 Å². The minimum Gasteiger partial charge on any atom is -0.481 e. The van der Waals surface area contributed by atoms with Gasteiger partial charge in [0.15, 0.2) is 5.82 Å². The van der Waals surface area contributed by atoms with Gasteiger partial charge < -0.3 is 15.1 Å². The lowest BCUT2D eigenvalue weighted by Gasteiger charge is -2.17. The lowest BCUT2D eigenvalue weighted by Crippen LogP contribution is -2.17. The number of rotatable bonds is 9. The van der Waals surface area contributed by atoms with Crippen LogP contribution in [-0.2, 0) is 9.36 Å². The number of aromatic nitrogens is 2. The fraction of sp³-hybridized carbons (Fsp3) is 0.240. The van der Waals surface area contributed by atoms with Gasteiger partial charge in [0.1, 0.15) is 5.82 Å². The van der Waals surface area contributed by atoms with Gasteiger partial charge in [-0.3, -0.25) is 9.36 Å². The zero-order valence-electron chi connectivity index (χ0n) is 18.8. The number of hydrogen-bond donors (Lipinski definition) is 3. The van der Waals surface area contributed by atoms with Crippen LogP contribution in [0.25, 0.3) is 28.7 Å². The summed E-state index contributed by atoms with van der Waals surface area (Å²) in [5.74, 6) is -0.223. The molecule has 0 aliphatic heterocycles. The van der Waals surface area contributed by atoms with E-state index in [1.807, 2.05) is 44.2 Å². The predicted octanol–water partition coefficient (Wildman–Crippen LogP) is 5.15. The molecule has 2 aromatic carbocycles. The number of aliphatic hydroxyl groups is 1. The quantitative estimate of drug-likeness (QED) is 0.359. The van der Waals surface area contributed by atoms with Crippen LogP contribution >= 0.6 is 7.37 Å². The van der Waals surface area contributed by atoms with Gasteiger partial charge in [-0.1, -0.05) is 44.2 Å². The highest BCUT2D eigenvalue weighted by Crippen LogP contribution is 2.45. The molecule has 0 fully saturated rings. The Labute approximate surface area is 197 Å². The molecule has 0 amide bonds. The average Bonchev–Trinajstić information content (AvgIpc) is 2.77. The Bertz CT molecular complexity index is 1230. The molecule has 0 saturated heterocycles. The number of nitrogens with zero attached hydrogens (tertiary/aromatic N) is 2. The van der Waals surface area contributed by atoms with Crippen molar-refractivity contribution in [1.29, 1.82) is 0 Å². The molecule has 0 spiro atoms. The number of benzene rings is 2. The average molecular weight is 484 g/mol. The molecule has 34 heavy (non-hydrogen) atoms. The topological polar surface area (TPSA) is 121 Å². The third kappa shape index (κ3) is 6.67. The summed E-state index contributed by atoms with van der Waals surface area (Å²) in [6, 6.07) is 15.1. The molecule has 3 rings (SSSR count). The molecule has 1 aromatic heterocycles. The summed E-state index contributed by atoms with van der Waals surface area (Å²) in [5.41, 5.74) is 2.95. The summed E-state index contributed by atoms with van der Waals surface area (Å²) in [4.78, 5) is 30.5. The van der Waals surface area contributed by atoms with Gasteiger partial charge in [0, 0.05) is 22.5 Å². The van der Waals surface area contributed by atoms with Crippen LogP contribution in [0.3, 0.4) is 0 Å². The SMILES string of the molecule is CC(C)c1nc(-c2ccccc2)nc(-c2ccc(F)cc2)c1C=CP(=O)(O)C[C@@H](O)CC(=O)O. The molecule has 3 N–H and O–H groups in total. The lowest BCUT2D eigenvalue weighted by atomic mass is 9.98. The summed E-state index contributed by atoms with van der Waals surface area (Å²) in [6.07, 6.45) is -1.26. The lowest BCUT2D eigenvalue weighted by molar-refractivity contribution is -0.138. The van der Waals surface area contributed by atoms with E-state index in [9.17, 15) is 23.7 Å². The van der Waals surface area contributed by atoms with Crippen molar-refractivity contribution in [3.63, 3.8) is 0 Å². The Hall–Kier alpha value is -3.19. The second-order valence-corrected chi connectivity index (χ2v) is 10.4. The molecule has 0 radical (unpaired) electrons. The molecular weight excluding hydrogens is 458 g/mol. The molecular formula is C25H26FN2O5P. The maximum Gasteiger partial charge on any atom is 0.305 e. The number of carboxylic acids is 1. The normalized spacial score (nSPS) is 14.3. The summed E-state index contributed by atoms with van der Waals surface area (Å²) in [6.45, 7) is 3.86. The molecule has 9 heteroatoms. The van der Waals surface area contributed by atoms with E-state index < -0.39 is 37.8 Å². The monoisotopic (exact) mass is 484 g/mol. The molecule has 1 heterocycles. The summed E-state index contributed by atoms with van der Waals surface area (Å²) < 4.78 is 26.3. The zero-order valence-corrected chi connectivity index (χ0v) is 19.7. The van der Waals surface area contributed by atoms with Crippen molar-refractivity contribution in [3.05, 3.63) is 77.5 Å². The number of carbonyl (C=O) groups is 1. The first-order chi connectivity index (χ1) is 16.1. The van der Waals surface area contributed by atoms with E-state index in [4.69, 9.17) is 15.1 Å². The van der Waals surface area contributed by atoms with Gasteiger partial charge in [-0.15, -0.1) is 0 Å². The van der Waals surface area contributed by atoms with Crippen LogP contribution in [0.5, 0.6) is 0 Å². The van der Waals surface area contributed by atoms with E-state index in [1.54, 1.807) is 12.1 Å². The third-order valence-corrected chi connectivity index (χ3v) is 6.59. The first kappa shape index (κ1) is 25.4. The Balaban J connectivity index is 2.14. The van der Waals surface area contributed by atoms with Gasteiger partial charge in [0.25, 0.3) is 0 Å². The van der Waals surface area contributed by atoms with Gasteiger partial charge in [-0.05, 0) is 36.3 Å². The van der Waals surface area contributed by atoms with Crippen LogP contribution in [0.15, 0.2) is 60.4 Å². The molecule has 0 bridgehead atoms. The molecule has 0 saturated carbocycles. The smallest absolute Gasteiger partial charge is 0.305 e. The van der Waals surface area contributed by atoms with Gasteiger partial charge in [-0.2, -0.15) is 0 Å². The summed E-state index contributed by atoms with van der Waals surface area (Å²) >= 11 is 0. The number of hydrogen-bond acceptors (Lipinski definition) is 5. The molecule has 7 nitrogen and oxygen atoms in total. The van der Waals surface area contributed by atoms with Crippen molar-refractivity contribution < 1.29 is 28.9 Å². The van der Waals surface area contributed by atoms with Crippen LogP contribution in [0.4, 0.5) is 4.39 Å². The summed E-state index contributed by atoms with van der Waals surface area (Å²) in [7, 11) is -4.02. The van der Waals surface area contributed by atoms with E-state index in [-0.39, 0.29) is 5.92 Å². The molecule has 1 unspecified atom stereocenters. The first-order valence-corrected chi connectivity index (χ1v) is 12.6. The second kappa shape index (κ2) is 10.8. The van der Waals surface area contributed by atoms with Crippen LogP contribution in [0.2, 0.25) is 0 Å². The van der Waals surface area contributed by atoms with E-state index in [0.29, 0.717) is 28.3 Å². The fourth-order valence-corrected chi connectivity index (χ4v) is 4.69. The number of carboxylic acid groups (broad SMARTS) is 1. The maximum atomic E-state index is 13.6. The minimum atomic E-state index is -4.02. The van der Waals surface area contributed by atoms with E-state index in [1.165, 1.54) is 18.2 Å². The van der Waals surface area contributed by atoms with Gasteiger partial charge in [-0.25, -0.2) is 14.4 Å². The van der Waals surface area contributed by atoms with E-state index in [2.05, 4.69) is 0 Å². The number of aliphatic carboxylic acids is 1. The Kier molecular flexibility index (Phi) is 8.10. The van der Waals surface area contributed by atoms with Gasteiger partial charge in [0.2, 0.25) is 7.37 Å². The molecule has 2 atom stereocenters. The molecule has 178 valence electrons. The Morgan fingerprint density at radius 2 is 1.71 bits per heavy atom. The second-order valence-electron chi connectivity index (χ2n) is 8.23. The van der Waals surface area contributed by atoms with Gasteiger partial charge in [0.05, 0.1) is 30.1 Å². The van der Waals surface area contributed by atoms with Gasteiger partial charge >= 0.3 is 5.97 Å². The van der Waals surface area contributed by atoms with Crippen LogP contribution < -0.4 is 0 Å². The predicted molar refractivity (Wildman–Crippen MR) is 129 cm³/mol. The van der Waals surface area contributed by atoms with Crippen molar-refractivity contribution in [2.45, 2.75) is 32.3 Å². The highest BCUT2D eigenvalue weighted by atomic mass is 31.2. The first-order valence-electron chi connectivity index (χ1n) is 10.7. The van der Waals surface area contributed by atoms with Crippen molar-refractivity contribution >= 4 is 19.4 Å². The largest absolute Gasteiger partial charge is 0.481 e. The maximum absolute atomic E-state index is 13.6. The number of halogens is 1. The van der Waals surface area contributed by atoms with Crippen molar-refractivity contribution in [2.75, 3.05) is 6.16 Å². The number of aliphatic hydroxyl groups excluding tert-OH is 1. The minimum absolute atomic E-state index is 0.0833. The van der Waals surface area contributed by atoms with Crippen molar-refractivity contribution in [3.8, 4) is 22.6 Å². The van der Waals surface area contributed by atoms with Crippen LogP contribution in [-0.4, -0.2) is 43.3 Å². The third-order valence-electron chi connectivity index (χ3n) is 5.03. The Morgan fingerprint density at radius 3 is 2.29 bits per heavy atom. The Morgan fingerprint density at radius 1 is 1.06 bits per heavy atom. The van der Waals surface area contributed by atoms with E-state index in [0.717, 1.165) is 11.4 Å². The van der Waals surface area contributed by atoms with Crippen molar-refractivity contribution in [2.24, 2.45) is 0 Å². The van der Waals surface area contributed by atoms with Crippen molar-refractivity contribution in [1.82, 2.24) is 9.97 Å². The van der Waals surface area contributed by atoms with E-state index >= 15 is 0 Å². The molecule has 0 aliphatic carbocycles. The molecule has 3 aromatic rings. The zero-order chi connectivity index (χ0) is 24.9. The van der Waals surface area contributed by atoms with Crippen LogP contribution in [0, 0.1) is 5.82 Å². The fourth-order valence-electron chi connectivity index (χ4n) is 3.46. The molecule has 0 aliphatic rings. The summed E-state index contributed by atoms with van der Waals surface area (Å²) in [5, 5.41) is 18.6. The highest BCUT2D eigenvalue weighted by molar-refractivity contribution is 7.61. The highest BCUT2D eigenvalue weighted by Gasteiger charge is 2.23.